The van der Waals surface area contributed by atoms with E-state index in [2.05, 4.69) is 5.32 Å². The van der Waals surface area contributed by atoms with Gasteiger partial charge in [0.25, 0.3) is 11.8 Å². The summed E-state index contributed by atoms with van der Waals surface area (Å²) in [5, 5.41) is 4.09. The van der Waals surface area contributed by atoms with E-state index >= 15 is 0 Å². The number of rotatable bonds is 4. The number of amides is 4. The van der Waals surface area contributed by atoms with Crippen molar-refractivity contribution in [1.29, 1.82) is 0 Å². The molecule has 0 unspecified atom stereocenters. The van der Waals surface area contributed by atoms with Crippen molar-refractivity contribution >= 4 is 40.4 Å². The number of anilines is 1. The molecule has 0 bridgehead atoms. The highest BCUT2D eigenvalue weighted by Gasteiger charge is 2.37. The van der Waals surface area contributed by atoms with Gasteiger partial charge in [-0.15, -0.1) is 0 Å². The van der Waals surface area contributed by atoms with Crippen molar-refractivity contribution in [2.75, 3.05) is 11.5 Å². The molecule has 0 aromatic heterocycles. The molecular weight excluding hydrogens is 392 g/mol. The van der Waals surface area contributed by atoms with Crippen molar-refractivity contribution in [3.8, 4) is 5.75 Å². The summed E-state index contributed by atoms with van der Waals surface area (Å²) in [5.41, 5.74) is 2.59. The maximum absolute atomic E-state index is 13.4. The van der Waals surface area contributed by atoms with E-state index in [9.17, 15) is 14.4 Å². The van der Waals surface area contributed by atoms with Crippen molar-refractivity contribution in [2.45, 2.75) is 20.8 Å². The number of nitrogens with zero attached hydrogens (tertiary/aromatic N) is 1. The lowest BCUT2D eigenvalue weighted by molar-refractivity contribution is -0.122. The lowest BCUT2D eigenvalue weighted by Crippen LogP contribution is -2.54. The molecule has 3 aromatic rings. The van der Waals surface area contributed by atoms with Gasteiger partial charge in [0, 0.05) is 5.56 Å². The molecule has 1 fully saturated rings. The molecule has 31 heavy (non-hydrogen) atoms. The summed E-state index contributed by atoms with van der Waals surface area (Å²) >= 11 is 0. The number of hydrogen-bond donors (Lipinski definition) is 1. The SMILES string of the molecule is CCOc1ccc2ccccc2c1/C=C1\C(=O)NC(=O)N(c2cc(C)ccc2C)C1=O. The first-order valence-electron chi connectivity index (χ1n) is 10.0. The molecule has 1 saturated heterocycles. The molecule has 6 nitrogen and oxygen atoms in total. The molecular formula is C25H22N2O4. The van der Waals surface area contributed by atoms with E-state index in [1.165, 1.54) is 6.08 Å². The molecule has 1 heterocycles. The minimum atomic E-state index is -0.760. The van der Waals surface area contributed by atoms with Crippen LogP contribution < -0.4 is 15.0 Å². The number of ether oxygens (including phenoxy) is 1. The van der Waals surface area contributed by atoms with Gasteiger partial charge in [-0.1, -0.05) is 42.5 Å². The average Bonchev–Trinajstić information content (AvgIpc) is 2.74. The fraction of sp³-hybridized carbons (Fsp3) is 0.160. The van der Waals surface area contributed by atoms with E-state index in [0.29, 0.717) is 23.6 Å². The van der Waals surface area contributed by atoms with E-state index in [1.54, 1.807) is 6.07 Å². The van der Waals surface area contributed by atoms with Crippen molar-refractivity contribution in [3.63, 3.8) is 0 Å². The van der Waals surface area contributed by atoms with Gasteiger partial charge in [-0.3, -0.25) is 14.9 Å². The Morgan fingerprint density at radius 1 is 1.00 bits per heavy atom. The molecule has 156 valence electrons. The lowest BCUT2D eigenvalue weighted by Gasteiger charge is -2.28. The van der Waals surface area contributed by atoms with Gasteiger partial charge in [0.05, 0.1) is 12.3 Å². The highest BCUT2D eigenvalue weighted by molar-refractivity contribution is 6.39. The van der Waals surface area contributed by atoms with E-state index < -0.39 is 17.8 Å². The van der Waals surface area contributed by atoms with Crippen LogP contribution in [0.5, 0.6) is 5.75 Å². The first-order valence-corrected chi connectivity index (χ1v) is 10.0. The summed E-state index contributed by atoms with van der Waals surface area (Å²) in [6.07, 6.45) is 1.51. The number of carbonyl (C=O) groups excluding carboxylic acids is 3. The topological polar surface area (TPSA) is 75.7 Å². The van der Waals surface area contributed by atoms with Gasteiger partial charge in [-0.05, 0) is 60.9 Å². The molecule has 3 aromatic carbocycles. The Morgan fingerprint density at radius 3 is 2.55 bits per heavy atom. The van der Waals surface area contributed by atoms with Crippen molar-refractivity contribution in [3.05, 3.63) is 76.9 Å². The minimum Gasteiger partial charge on any atom is -0.493 e. The van der Waals surface area contributed by atoms with Gasteiger partial charge < -0.3 is 4.74 Å². The lowest BCUT2D eigenvalue weighted by atomic mass is 9.99. The zero-order valence-electron chi connectivity index (χ0n) is 17.6. The van der Waals surface area contributed by atoms with Crippen molar-refractivity contribution in [2.24, 2.45) is 0 Å². The Hall–Kier alpha value is -3.93. The summed E-state index contributed by atoms with van der Waals surface area (Å²) in [6.45, 7) is 5.99. The highest BCUT2D eigenvalue weighted by atomic mass is 16.5. The van der Waals surface area contributed by atoms with Crippen LogP contribution in [0.1, 0.15) is 23.6 Å². The number of urea groups is 1. The summed E-state index contributed by atoms with van der Waals surface area (Å²) in [5.74, 6) is -0.839. The van der Waals surface area contributed by atoms with Gasteiger partial charge in [-0.25, -0.2) is 9.69 Å². The first kappa shape index (κ1) is 20.3. The number of carbonyl (C=O) groups is 3. The monoisotopic (exact) mass is 414 g/mol. The molecule has 4 rings (SSSR count). The molecule has 1 aliphatic rings. The fourth-order valence-corrected chi connectivity index (χ4v) is 3.69. The summed E-state index contributed by atoms with van der Waals surface area (Å²) in [7, 11) is 0. The van der Waals surface area contributed by atoms with E-state index in [0.717, 1.165) is 26.8 Å². The van der Waals surface area contributed by atoms with Crippen LogP contribution in [-0.4, -0.2) is 24.5 Å². The third kappa shape index (κ3) is 3.68. The van der Waals surface area contributed by atoms with E-state index in [4.69, 9.17) is 4.74 Å². The third-order valence-electron chi connectivity index (χ3n) is 5.23. The molecule has 4 amide bonds. The van der Waals surface area contributed by atoms with Crippen LogP contribution in [0.25, 0.3) is 16.8 Å². The second kappa shape index (κ2) is 8.07. The Morgan fingerprint density at radius 2 is 1.77 bits per heavy atom. The third-order valence-corrected chi connectivity index (χ3v) is 5.23. The minimum absolute atomic E-state index is 0.127. The fourth-order valence-electron chi connectivity index (χ4n) is 3.69. The van der Waals surface area contributed by atoms with Gasteiger partial charge >= 0.3 is 6.03 Å². The Labute approximate surface area is 180 Å². The summed E-state index contributed by atoms with van der Waals surface area (Å²) < 4.78 is 5.76. The number of barbiturate groups is 1. The molecule has 0 saturated carbocycles. The second-order valence-corrected chi connectivity index (χ2v) is 7.38. The van der Waals surface area contributed by atoms with Crippen LogP contribution in [0.4, 0.5) is 10.5 Å². The quantitative estimate of drug-likeness (QED) is 0.503. The molecule has 0 radical (unpaired) electrons. The van der Waals surface area contributed by atoms with Crippen LogP contribution >= 0.6 is 0 Å². The predicted molar refractivity (Wildman–Crippen MR) is 120 cm³/mol. The predicted octanol–water partition coefficient (Wildman–Crippen LogP) is 4.52. The van der Waals surface area contributed by atoms with E-state index in [1.807, 2.05) is 69.3 Å². The molecule has 1 N–H and O–H groups in total. The number of imide groups is 2. The zero-order chi connectivity index (χ0) is 22.1. The standard InChI is InChI=1S/C25H22N2O4/c1-4-31-22-12-11-17-7-5-6-8-18(17)19(22)14-20-23(28)26-25(30)27(24(20)29)21-13-15(2)9-10-16(21)3/h5-14H,4H2,1-3H3,(H,26,28,30)/b20-14+. The first-order chi connectivity index (χ1) is 14.9. The van der Waals surface area contributed by atoms with Crippen molar-refractivity contribution in [1.82, 2.24) is 5.32 Å². The smallest absolute Gasteiger partial charge is 0.335 e. The van der Waals surface area contributed by atoms with Gasteiger partial charge in [0.2, 0.25) is 0 Å². The largest absolute Gasteiger partial charge is 0.493 e. The number of aryl methyl sites for hydroxylation is 2. The van der Waals surface area contributed by atoms with Gasteiger partial charge in [-0.2, -0.15) is 0 Å². The Kier molecular flexibility index (Phi) is 5.29. The Bertz CT molecular complexity index is 1260. The van der Waals surface area contributed by atoms with Crippen LogP contribution in [0.3, 0.4) is 0 Å². The number of benzene rings is 3. The highest BCUT2D eigenvalue weighted by Crippen LogP contribution is 2.32. The van der Waals surface area contributed by atoms with Crippen LogP contribution in [-0.2, 0) is 9.59 Å². The van der Waals surface area contributed by atoms with Gasteiger partial charge in [0.15, 0.2) is 0 Å². The molecule has 0 spiro atoms. The van der Waals surface area contributed by atoms with Crippen LogP contribution in [0.2, 0.25) is 0 Å². The van der Waals surface area contributed by atoms with Gasteiger partial charge in [0.1, 0.15) is 11.3 Å². The van der Waals surface area contributed by atoms with Crippen LogP contribution in [0.15, 0.2) is 60.2 Å². The molecule has 0 aliphatic carbocycles. The summed E-state index contributed by atoms with van der Waals surface area (Å²) in [4.78, 5) is 39.6. The molecule has 6 heteroatoms. The van der Waals surface area contributed by atoms with E-state index in [-0.39, 0.29) is 5.57 Å². The maximum Gasteiger partial charge on any atom is 0.335 e. The maximum atomic E-state index is 13.4. The number of nitrogens with one attached hydrogen (secondary N) is 1. The number of hydrogen-bond acceptors (Lipinski definition) is 4. The summed E-state index contributed by atoms with van der Waals surface area (Å²) in [6, 6.07) is 16.1. The van der Waals surface area contributed by atoms with Crippen LogP contribution in [0, 0.1) is 13.8 Å². The normalized spacial score (nSPS) is 15.5. The zero-order valence-corrected chi connectivity index (χ0v) is 17.6. The molecule has 0 atom stereocenters. The molecule has 1 aliphatic heterocycles. The number of fused-ring (bicyclic) bond motifs is 1. The van der Waals surface area contributed by atoms with Crippen molar-refractivity contribution < 1.29 is 19.1 Å². The average molecular weight is 414 g/mol. The second-order valence-electron chi connectivity index (χ2n) is 7.38. The Balaban J connectivity index is 1.88.